The summed E-state index contributed by atoms with van der Waals surface area (Å²) >= 11 is 18.8. The summed E-state index contributed by atoms with van der Waals surface area (Å²) in [6.07, 6.45) is -1.00. The van der Waals surface area contributed by atoms with Crippen LogP contribution in [-0.4, -0.2) is 60.8 Å². The first-order valence-corrected chi connectivity index (χ1v) is 11.2. The number of benzene rings is 1. The molecular formula is C20H18Cl3N7O5. The fourth-order valence-electron chi connectivity index (χ4n) is 2.82. The summed E-state index contributed by atoms with van der Waals surface area (Å²) < 4.78 is 15.7. The maximum absolute atomic E-state index is 11.9. The number of carbonyl (C=O) groups excluding carboxylic acids is 2. The number of nitriles is 1. The Morgan fingerprint density at radius 2 is 1.89 bits per heavy atom. The average Bonchev–Trinajstić information content (AvgIpc) is 2.83. The number of hydrogen-bond acceptors (Lipinski definition) is 11. The lowest BCUT2D eigenvalue weighted by Gasteiger charge is -2.29. The summed E-state index contributed by atoms with van der Waals surface area (Å²) in [5.41, 5.74) is 2.72. The van der Waals surface area contributed by atoms with Gasteiger partial charge >= 0.3 is 6.09 Å². The van der Waals surface area contributed by atoms with Crippen LogP contribution in [-0.2, 0) is 14.3 Å². The second-order valence-electron chi connectivity index (χ2n) is 6.69. The molecule has 0 aliphatic carbocycles. The number of rotatable bonds is 7. The number of carbonyl (C=O) groups is 2. The van der Waals surface area contributed by atoms with Crippen LogP contribution >= 0.6 is 34.8 Å². The van der Waals surface area contributed by atoms with E-state index in [2.05, 4.69) is 25.5 Å². The van der Waals surface area contributed by atoms with Gasteiger partial charge in [-0.05, 0) is 19.1 Å². The molecule has 0 spiro atoms. The van der Waals surface area contributed by atoms with Crippen molar-refractivity contribution >= 4 is 63.9 Å². The number of ether oxygens (including phenoxy) is 3. The minimum absolute atomic E-state index is 0.0535. The first-order valence-electron chi connectivity index (χ1n) is 10.1. The van der Waals surface area contributed by atoms with Crippen LogP contribution in [0.4, 0.5) is 16.2 Å². The zero-order valence-electron chi connectivity index (χ0n) is 18.2. The SMILES string of the molecule is CCOC(=O)NC(=O)/C(C#N)=N/Nc1cc(Cl)c(Oc2cc(N3CCOCC3)c(Cl)nn2)c(Cl)c1. The number of halogens is 3. The second-order valence-corrected chi connectivity index (χ2v) is 7.86. The first-order chi connectivity index (χ1) is 16.8. The van der Waals surface area contributed by atoms with Gasteiger partial charge in [-0.25, -0.2) is 4.79 Å². The lowest BCUT2D eigenvalue weighted by Crippen LogP contribution is -2.36. The minimum atomic E-state index is -1.05. The van der Waals surface area contributed by atoms with Crippen molar-refractivity contribution in [2.75, 3.05) is 43.2 Å². The number of hydrazone groups is 1. The smallest absolute Gasteiger partial charge is 0.414 e. The molecule has 0 atom stereocenters. The lowest BCUT2D eigenvalue weighted by atomic mass is 10.3. The standard InChI is InChI=1S/C20H18Cl3N7O5/c1-2-34-20(32)25-19(31)14(10-24)27-26-11-7-12(21)17(13(22)8-11)35-16-9-15(18(23)29-28-16)30-3-5-33-6-4-30/h7-9,26H,2-6H2,1H3,(H,25,31,32)/b27-14+. The Morgan fingerprint density at radius 1 is 1.20 bits per heavy atom. The molecule has 15 heteroatoms. The maximum Gasteiger partial charge on any atom is 0.414 e. The predicted molar refractivity (Wildman–Crippen MR) is 128 cm³/mol. The van der Waals surface area contributed by atoms with Gasteiger partial charge in [-0.3, -0.25) is 15.5 Å². The Bertz CT molecular complexity index is 1160. The van der Waals surface area contributed by atoms with Gasteiger partial charge in [-0.15, -0.1) is 10.2 Å². The third kappa shape index (κ3) is 7.06. The zero-order chi connectivity index (χ0) is 25.4. The van der Waals surface area contributed by atoms with Crippen molar-refractivity contribution in [1.29, 1.82) is 5.26 Å². The van der Waals surface area contributed by atoms with Gasteiger partial charge in [-0.2, -0.15) is 10.4 Å². The Balaban J connectivity index is 1.74. The van der Waals surface area contributed by atoms with E-state index >= 15 is 0 Å². The highest BCUT2D eigenvalue weighted by Crippen LogP contribution is 2.39. The predicted octanol–water partition coefficient (Wildman–Crippen LogP) is 3.63. The summed E-state index contributed by atoms with van der Waals surface area (Å²) in [5.74, 6) is -0.846. The number of anilines is 2. The quantitative estimate of drug-likeness (QED) is 0.392. The number of amides is 2. The van der Waals surface area contributed by atoms with Crippen LogP contribution in [0.25, 0.3) is 0 Å². The summed E-state index contributed by atoms with van der Waals surface area (Å²) in [4.78, 5) is 25.3. The molecule has 1 aromatic carbocycles. The van der Waals surface area contributed by atoms with E-state index in [1.54, 1.807) is 19.1 Å². The van der Waals surface area contributed by atoms with Crippen molar-refractivity contribution in [3.05, 3.63) is 33.4 Å². The number of hydrogen-bond donors (Lipinski definition) is 2. The normalized spacial score (nSPS) is 13.6. The van der Waals surface area contributed by atoms with Crippen LogP contribution in [0.15, 0.2) is 23.3 Å². The molecule has 1 aliphatic heterocycles. The van der Waals surface area contributed by atoms with Crippen LogP contribution < -0.4 is 20.4 Å². The zero-order valence-corrected chi connectivity index (χ0v) is 20.4. The molecule has 2 amide bonds. The molecule has 1 saturated heterocycles. The molecule has 3 rings (SSSR count). The molecular weight excluding hydrogens is 525 g/mol. The lowest BCUT2D eigenvalue weighted by molar-refractivity contribution is -0.114. The summed E-state index contributed by atoms with van der Waals surface area (Å²) in [5, 5.41) is 22.9. The van der Waals surface area contributed by atoms with Crippen LogP contribution in [0.5, 0.6) is 11.6 Å². The fraction of sp³-hybridized carbons (Fsp3) is 0.300. The highest BCUT2D eigenvalue weighted by Gasteiger charge is 2.19. The largest absolute Gasteiger partial charge is 0.450 e. The number of imide groups is 1. The Morgan fingerprint density at radius 3 is 2.51 bits per heavy atom. The molecule has 1 aliphatic rings. The van der Waals surface area contributed by atoms with Gasteiger partial charge in [0.15, 0.2) is 10.9 Å². The van der Waals surface area contributed by atoms with Gasteiger partial charge in [0.05, 0.1) is 41.2 Å². The molecule has 0 unspecified atom stereocenters. The maximum atomic E-state index is 11.9. The van der Waals surface area contributed by atoms with Crippen LogP contribution in [0.2, 0.25) is 15.2 Å². The molecule has 0 saturated carbocycles. The van der Waals surface area contributed by atoms with E-state index in [0.29, 0.717) is 32.0 Å². The Labute approximate surface area is 214 Å². The number of nitrogens with one attached hydrogen (secondary N) is 2. The van der Waals surface area contributed by atoms with Gasteiger partial charge in [0.1, 0.15) is 6.07 Å². The van der Waals surface area contributed by atoms with Gasteiger partial charge < -0.3 is 19.1 Å². The molecule has 2 N–H and O–H groups in total. The van der Waals surface area contributed by atoms with E-state index in [1.165, 1.54) is 12.1 Å². The third-order valence-corrected chi connectivity index (χ3v) is 5.20. The van der Waals surface area contributed by atoms with Crippen LogP contribution in [0.1, 0.15) is 6.92 Å². The molecule has 12 nitrogen and oxygen atoms in total. The molecule has 1 aromatic heterocycles. The van der Waals surface area contributed by atoms with Crippen LogP contribution in [0, 0.1) is 11.3 Å². The Hall–Kier alpha value is -3.37. The molecule has 0 radical (unpaired) electrons. The van der Waals surface area contributed by atoms with E-state index in [1.807, 2.05) is 10.2 Å². The number of alkyl carbamates (subject to hydrolysis) is 1. The van der Waals surface area contributed by atoms with Crippen molar-refractivity contribution in [2.45, 2.75) is 6.92 Å². The van der Waals surface area contributed by atoms with Crippen molar-refractivity contribution in [3.63, 3.8) is 0 Å². The molecule has 2 heterocycles. The summed E-state index contributed by atoms with van der Waals surface area (Å²) in [6.45, 7) is 4.00. The number of aromatic nitrogens is 2. The second kappa shape index (κ2) is 12.4. The van der Waals surface area contributed by atoms with Crippen molar-refractivity contribution in [1.82, 2.24) is 15.5 Å². The first kappa shape index (κ1) is 26.2. The van der Waals surface area contributed by atoms with Gasteiger partial charge in [-0.1, -0.05) is 34.8 Å². The third-order valence-electron chi connectivity index (χ3n) is 4.37. The summed E-state index contributed by atoms with van der Waals surface area (Å²) in [7, 11) is 0. The van der Waals surface area contributed by atoms with E-state index in [4.69, 9.17) is 49.5 Å². The number of nitrogens with zero attached hydrogens (tertiary/aromatic N) is 5. The van der Waals surface area contributed by atoms with Crippen molar-refractivity contribution < 1.29 is 23.8 Å². The average molecular weight is 543 g/mol. The highest BCUT2D eigenvalue weighted by atomic mass is 35.5. The minimum Gasteiger partial charge on any atom is -0.450 e. The monoisotopic (exact) mass is 541 g/mol. The van der Waals surface area contributed by atoms with Gasteiger partial charge in [0, 0.05) is 19.2 Å². The Kier molecular flexibility index (Phi) is 9.27. The molecule has 35 heavy (non-hydrogen) atoms. The van der Waals surface area contributed by atoms with Gasteiger partial charge in [0.2, 0.25) is 11.6 Å². The number of morpholine rings is 1. The fourth-order valence-corrected chi connectivity index (χ4v) is 3.59. The van der Waals surface area contributed by atoms with Crippen LogP contribution in [0.3, 0.4) is 0 Å². The topological polar surface area (TPSA) is 151 Å². The van der Waals surface area contributed by atoms with Gasteiger partial charge in [0.25, 0.3) is 5.91 Å². The van der Waals surface area contributed by atoms with E-state index in [0.717, 1.165) is 0 Å². The van der Waals surface area contributed by atoms with E-state index < -0.39 is 17.7 Å². The molecule has 184 valence electrons. The van der Waals surface area contributed by atoms with E-state index in [9.17, 15) is 9.59 Å². The van der Waals surface area contributed by atoms with Crippen molar-refractivity contribution in [2.24, 2.45) is 5.10 Å². The van der Waals surface area contributed by atoms with E-state index in [-0.39, 0.29) is 39.1 Å². The van der Waals surface area contributed by atoms with Crippen molar-refractivity contribution in [3.8, 4) is 17.7 Å². The highest BCUT2D eigenvalue weighted by molar-refractivity contribution is 6.47. The molecule has 0 bridgehead atoms. The summed E-state index contributed by atoms with van der Waals surface area (Å²) in [6, 6.07) is 5.98. The molecule has 1 fully saturated rings. The molecule has 2 aromatic rings.